The number of amides is 1. The fraction of sp³-hybridized carbons (Fsp3) is 0.567. The van der Waals surface area contributed by atoms with Crippen molar-refractivity contribution in [3.05, 3.63) is 47.5 Å². The molecule has 0 aromatic heterocycles. The van der Waals surface area contributed by atoms with Crippen molar-refractivity contribution < 1.29 is 14.3 Å². The van der Waals surface area contributed by atoms with Crippen LogP contribution < -0.4 is 25.8 Å². The number of fused-ring (bicyclic) bond motifs is 1. The van der Waals surface area contributed by atoms with E-state index in [1.807, 2.05) is 12.1 Å². The number of carbonyl (C=O) groups excluding carboxylic acids is 1. The Morgan fingerprint density at radius 2 is 1.56 bits per heavy atom. The molecular formula is C30H41N3O3. The van der Waals surface area contributed by atoms with Crippen LogP contribution in [0.3, 0.4) is 0 Å². The van der Waals surface area contributed by atoms with Crippen LogP contribution in [-0.2, 0) is 10.5 Å². The minimum Gasteiger partial charge on any atom is -0.497 e. The van der Waals surface area contributed by atoms with Crippen molar-refractivity contribution >= 4 is 17.3 Å². The largest absolute Gasteiger partial charge is 0.497 e. The summed E-state index contributed by atoms with van der Waals surface area (Å²) in [5.74, 6) is 1.56. The fourth-order valence-corrected chi connectivity index (χ4v) is 7.68. The van der Waals surface area contributed by atoms with Crippen LogP contribution in [0.25, 0.3) is 0 Å². The maximum Gasteiger partial charge on any atom is 0.228 e. The third kappa shape index (κ3) is 3.72. The molecule has 2 fully saturated rings. The number of ether oxygens (including phenoxy) is 2. The van der Waals surface area contributed by atoms with E-state index in [4.69, 9.17) is 15.2 Å². The summed E-state index contributed by atoms with van der Waals surface area (Å²) >= 11 is 0. The summed E-state index contributed by atoms with van der Waals surface area (Å²) < 4.78 is 11.5. The molecule has 1 aliphatic heterocycles. The summed E-state index contributed by atoms with van der Waals surface area (Å²) in [5.41, 5.74) is 9.00. The van der Waals surface area contributed by atoms with Gasteiger partial charge in [-0.1, -0.05) is 50.7 Å². The van der Waals surface area contributed by atoms with Crippen molar-refractivity contribution in [1.29, 1.82) is 0 Å². The Bertz CT molecular complexity index is 1090. The molecule has 1 atom stereocenters. The molecule has 1 unspecified atom stereocenters. The van der Waals surface area contributed by atoms with Crippen molar-refractivity contribution in [2.24, 2.45) is 23.0 Å². The van der Waals surface area contributed by atoms with Gasteiger partial charge in [-0.15, -0.1) is 0 Å². The molecule has 1 heterocycles. The standard InChI is InChI=1S/C30H41N3O3/c1-20-11-10-16-25-27(20)33-30(32-25,24-18-17-23(35-2)19-26(24)36-3)29(28(31)34,21-12-6-4-7-13-21)22-14-8-5-9-15-22/h10-11,16-19,21-22,32-33H,4-9,12-15H2,1-3H3,(H2,31,34). The molecule has 1 amide bonds. The van der Waals surface area contributed by atoms with Crippen LogP contribution in [0, 0.1) is 24.2 Å². The molecule has 36 heavy (non-hydrogen) atoms. The van der Waals surface area contributed by atoms with Gasteiger partial charge < -0.3 is 25.8 Å². The zero-order valence-electron chi connectivity index (χ0n) is 22.0. The Balaban J connectivity index is 1.82. The Labute approximate surface area is 215 Å². The highest BCUT2D eigenvalue weighted by atomic mass is 16.5. The molecule has 194 valence electrons. The molecule has 0 radical (unpaired) electrons. The lowest BCUT2D eigenvalue weighted by Crippen LogP contribution is -2.67. The molecule has 5 rings (SSSR count). The van der Waals surface area contributed by atoms with Crippen molar-refractivity contribution in [2.75, 3.05) is 24.9 Å². The third-order valence-electron chi connectivity index (χ3n) is 9.25. The van der Waals surface area contributed by atoms with E-state index in [0.717, 1.165) is 79.6 Å². The Morgan fingerprint density at radius 1 is 0.917 bits per heavy atom. The van der Waals surface area contributed by atoms with E-state index in [-0.39, 0.29) is 17.7 Å². The fourth-order valence-electron chi connectivity index (χ4n) is 7.68. The van der Waals surface area contributed by atoms with Crippen LogP contribution in [0.5, 0.6) is 11.5 Å². The zero-order chi connectivity index (χ0) is 25.3. The minimum atomic E-state index is -0.936. The highest BCUT2D eigenvalue weighted by Crippen LogP contribution is 2.63. The second-order valence-electron chi connectivity index (χ2n) is 11.0. The van der Waals surface area contributed by atoms with Gasteiger partial charge in [0.25, 0.3) is 0 Å². The Hall–Kier alpha value is -2.89. The van der Waals surface area contributed by atoms with E-state index in [0.29, 0.717) is 5.75 Å². The van der Waals surface area contributed by atoms with Crippen LogP contribution in [0.4, 0.5) is 11.4 Å². The smallest absolute Gasteiger partial charge is 0.228 e. The highest BCUT2D eigenvalue weighted by Gasteiger charge is 2.66. The van der Waals surface area contributed by atoms with Gasteiger partial charge in [-0.25, -0.2) is 0 Å². The highest BCUT2D eigenvalue weighted by molar-refractivity contribution is 5.90. The van der Waals surface area contributed by atoms with Gasteiger partial charge in [0.05, 0.1) is 25.6 Å². The van der Waals surface area contributed by atoms with Crippen LogP contribution in [0.1, 0.15) is 75.3 Å². The van der Waals surface area contributed by atoms with Crippen molar-refractivity contribution in [1.82, 2.24) is 0 Å². The molecule has 0 spiro atoms. The number of aryl methyl sites for hydroxylation is 1. The topological polar surface area (TPSA) is 85.6 Å². The molecule has 2 aromatic rings. The third-order valence-corrected chi connectivity index (χ3v) is 9.25. The predicted octanol–water partition coefficient (Wildman–Crippen LogP) is 6.33. The van der Waals surface area contributed by atoms with Gasteiger partial charge in [0, 0.05) is 11.6 Å². The number of hydrogen-bond donors (Lipinski definition) is 3. The quantitative estimate of drug-likeness (QED) is 0.421. The molecule has 0 saturated heterocycles. The maximum atomic E-state index is 14.2. The normalized spacial score (nSPS) is 22.9. The number of benzene rings is 2. The summed E-state index contributed by atoms with van der Waals surface area (Å²) in [6, 6.07) is 12.2. The number of nitrogens with two attached hydrogens (primary N) is 1. The summed E-state index contributed by atoms with van der Waals surface area (Å²) in [6.07, 6.45) is 11.0. The molecule has 2 aromatic carbocycles. The average Bonchev–Trinajstić information content (AvgIpc) is 3.31. The summed E-state index contributed by atoms with van der Waals surface area (Å²) in [7, 11) is 3.35. The number of rotatable bonds is 7. The number of primary amides is 1. The molecule has 0 bridgehead atoms. The molecule has 3 aliphatic rings. The first-order valence-corrected chi connectivity index (χ1v) is 13.7. The van der Waals surface area contributed by atoms with Gasteiger partial charge in [-0.2, -0.15) is 0 Å². The molecule has 2 saturated carbocycles. The van der Waals surface area contributed by atoms with E-state index in [1.54, 1.807) is 14.2 Å². The van der Waals surface area contributed by atoms with Crippen molar-refractivity contribution in [3.63, 3.8) is 0 Å². The minimum absolute atomic E-state index is 0.174. The van der Waals surface area contributed by atoms with Gasteiger partial charge in [-0.05, 0) is 68.2 Å². The average molecular weight is 492 g/mol. The van der Waals surface area contributed by atoms with Crippen LogP contribution in [0.2, 0.25) is 0 Å². The Kier molecular flexibility index (Phi) is 6.80. The first-order valence-electron chi connectivity index (χ1n) is 13.7. The van der Waals surface area contributed by atoms with Gasteiger partial charge in [-0.3, -0.25) is 4.79 Å². The summed E-state index contributed by atoms with van der Waals surface area (Å²) in [4.78, 5) is 14.2. The second kappa shape index (κ2) is 9.87. The first kappa shape index (κ1) is 24.8. The first-order chi connectivity index (χ1) is 17.5. The lowest BCUT2D eigenvalue weighted by Gasteiger charge is -2.57. The molecule has 2 aliphatic carbocycles. The SMILES string of the molecule is COc1ccc(C2(C(C(N)=O)(C3CCCCC3)C3CCCCC3)Nc3cccc(C)c3N2)c(OC)c1. The van der Waals surface area contributed by atoms with Gasteiger partial charge >= 0.3 is 0 Å². The van der Waals surface area contributed by atoms with Crippen molar-refractivity contribution in [2.45, 2.75) is 76.8 Å². The Morgan fingerprint density at radius 3 is 2.08 bits per heavy atom. The predicted molar refractivity (Wildman–Crippen MR) is 144 cm³/mol. The lowest BCUT2D eigenvalue weighted by molar-refractivity contribution is -0.144. The second-order valence-corrected chi connectivity index (χ2v) is 11.0. The molecule has 6 nitrogen and oxygen atoms in total. The number of methoxy groups -OCH3 is 2. The number of hydrogen-bond acceptors (Lipinski definition) is 5. The number of anilines is 2. The van der Waals surface area contributed by atoms with Crippen LogP contribution >= 0.6 is 0 Å². The van der Waals surface area contributed by atoms with E-state index < -0.39 is 11.1 Å². The number of carbonyl (C=O) groups is 1. The van der Waals surface area contributed by atoms with Crippen molar-refractivity contribution in [3.8, 4) is 11.5 Å². The van der Waals surface area contributed by atoms with E-state index in [2.05, 4.69) is 41.8 Å². The molecule has 6 heteroatoms. The lowest BCUT2D eigenvalue weighted by atomic mass is 9.51. The summed E-state index contributed by atoms with van der Waals surface area (Å²) in [5, 5.41) is 7.83. The van der Waals surface area contributed by atoms with Gasteiger partial charge in [0.1, 0.15) is 16.9 Å². The van der Waals surface area contributed by atoms with E-state index in [9.17, 15) is 4.79 Å². The van der Waals surface area contributed by atoms with Crippen LogP contribution in [-0.4, -0.2) is 20.1 Å². The molecule has 4 N–H and O–H groups in total. The number of para-hydroxylation sites is 1. The molecular weight excluding hydrogens is 450 g/mol. The van der Waals surface area contributed by atoms with Gasteiger partial charge in [0.15, 0.2) is 5.66 Å². The van der Waals surface area contributed by atoms with Crippen LogP contribution in [0.15, 0.2) is 36.4 Å². The van der Waals surface area contributed by atoms with E-state index in [1.165, 1.54) is 12.8 Å². The zero-order valence-corrected chi connectivity index (χ0v) is 22.0. The van der Waals surface area contributed by atoms with E-state index >= 15 is 0 Å². The summed E-state index contributed by atoms with van der Waals surface area (Å²) in [6.45, 7) is 2.11. The van der Waals surface area contributed by atoms with Gasteiger partial charge in [0.2, 0.25) is 5.91 Å². The monoisotopic (exact) mass is 491 g/mol. The maximum absolute atomic E-state index is 14.2. The number of nitrogens with one attached hydrogen (secondary N) is 2.